The molecule has 1 unspecified atom stereocenters. The molecule has 0 aliphatic heterocycles. The molecular weight excluding hydrogens is 240 g/mol. The molecule has 0 heterocycles. The van der Waals surface area contributed by atoms with Crippen molar-refractivity contribution in [1.82, 2.24) is 10.2 Å². The van der Waals surface area contributed by atoms with Crippen LogP contribution >= 0.6 is 0 Å². The largest absolute Gasteiger partial charge is 0.480 e. The van der Waals surface area contributed by atoms with Gasteiger partial charge in [0.2, 0.25) is 0 Å². The van der Waals surface area contributed by atoms with Gasteiger partial charge >= 0.3 is 5.97 Å². The van der Waals surface area contributed by atoms with Gasteiger partial charge in [-0.05, 0) is 56.9 Å². The van der Waals surface area contributed by atoms with Gasteiger partial charge in [0.05, 0.1) is 0 Å². The third-order valence-corrected chi connectivity index (χ3v) is 4.83. The summed E-state index contributed by atoms with van der Waals surface area (Å²) < 4.78 is 0. The van der Waals surface area contributed by atoms with Crippen LogP contribution in [0.15, 0.2) is 0 Å². The molecule has 4 nitrogen and oxygen atoms in total. The molecule has 0 radical (unpaired) electrons. The normalized spacial score (nSPS) is 26.4. The van der Waals surface area contributed by atoms with E-state index in [1.165, 1.54) is 12.8 Å². The summed E-state index contributed by atoms with van der Waals surface area (Å²) in [6.07, 6.45) is 7.11. The van der Waals surface area contributed by atoms with Crippen LogP contribution < -0.4 is 5.32 Å². The number of carbonyl (C=O) groups is 1. The van der Waals surface area contributed by atoms with Gasteiger partial charge in [0, 0.05) is 19.1 Å². The maximum Gasteiger partial charge on any atom is 0.325 e. The molecule has 0 spiro atoms. The first kappa shape index (κ1) is 13.4. The van der Waals surface area contributed by atoms with Crippen molar-refractivity contribution in [3.63, 3.8) is 0 Å². The van der Waals surface area contributed by atoms with Crippen molar-refractivity contribution in [2.24, 2.45) is 11.8 Å². The smallest absolute Gasteiger partial charge is 0.325 e. The average Bonchev–Trinajstić information content (AvgIpc) is 3.24. The number of hydrogen-bond acceptors (Lipinski definition) is 3. The second-order valence-electron chi connectivity index (χ2n) is 6.74. The fourth-order valence-electron chi connectivity index (χ4n) is 3.09. The molecule has 0 aromatic rings. The minimum atomic E-state index is -0.675. The van der Waals surface area contributed by atoms with E-state index in [9.17, 15) is 9.90 Å². The lowest BCUT2D eigenvalue weighted by Gasteiger charge is -2.36. The quantitative estimate of drug-likeness (QED) is 0.667. The van der Waals surface area contributed by atoms with Gasteiger partial charge in [0.1, 0.15) is 5.54 Å². The van der Waals surface area contributed by atoms with E-state index < -0.39 is 11.5 Å². The summed E-state index contributed by atoms with van der Waals surface area (Å²) in [5, 5.41) is 13.3. The van der Waals surface area contributed by atoms with Crippen LogP contribution in [0.5, 0.6) is 0 Å². The summed E-state index contributed by atoms with van der Waals surface area (Å²) in [6, 6.07) is 0.455. The highest BCUT2D eigenvalue weighted by Gasteiger charge is 2.54. The predicted octanol–water partition coefficient (Wildman–Crippen LogP) is 1.70. The molecule has 3 aliphatic rings. The van der Waals surface area contributed by atoms with Crippen LogP contribution in [0.3, 0.4) is 0 Å². The Kier molecular flexibility index (Phi) is 3.56. The Balaban J connectivity index is 1.69. The molecule has 0 bridgehead atoms. The molecular formula is C15H26N2O2. The molecule has 0 saturated heterocycles. The second-order valence-corrected chi connectivity index (χ2v) is 6.74. The van der Waals surface area contributed by atoms with Crippen LogP contribution in [0.4, 0.5) is 0 Å². The van der Waals surface area contributed by atoms with Crippen molar-refractivity contribution >= 4 is 5.97 Å². The number of aliphatic carboxylic acids is 1. The number of likely N-dealkylation sites (N-methyl/N-ethyl adjacent to an activating group) is 1. The highest BCUT2D eigenvalue weighted by molar-refractivity contribution is 5.80. The zero-order valence-corrected chi connectivity index (χ0v) is 11.9. The first-order chi connectivity index (χ1) is 9.14. The van der Waals surface area contributed by atoms with Crippen molar-refractivity contribution in [3.8, 4) is 0 Å². The number of carboxylic acid groups (broad SMARTS) is 1. The number of carboxylic acids is 1. The lowest BCUT2D eigenvalue weighted by atomic mass is 9.91. The van der Waals surface area contributed by atoms with Crippen LogP contribution in [0.25, 0.3) is 0 Å². The molecule has 0 aromatic carbocycles. The highest BCUT2D eigenvalue weighted by atomic mass is 16.4. The summed E-state index contributed by atoms with van der Waals surface area (Å²) in [4.78, 5) is 14.3. The van der Waals surface area contributed by atoms with Crippen molar-refractivity contribution in [1.29, 1.82) is 0 Å². The van der Waals surface area contributed by atoms with Crippen molar-refractivity contribution in [2.45, 2.75) is 57.0 Å². The Morgan fingerprint density at radius 2 is 1.95 bits per heavy atom. The molecule has 4 heteroatoms. The number of hydrogen-bond donors (Lipinski definition) is 2. The van der Waals surface area contributed by atoms with Crippen LogP contribution in [-0.2, 0) is 4.79 Å². The Labute approximate surface area is 115 Å². The van der Waals surface area contributed by atoms with Crippen LogP contribution in [0.2, 0.25) is 0 Å². The second kappa shape index (κ2) is 5.06. The summed E-state index contributed by atoms with van der Waals surface area (Å²) in [6.45, 7) is 4.89. The summed E-state index contributed by atoms with van der Waals surface area (Å²) in [5.41, 5.74) is -0.675. The highest BCUT2D eigenvalue weighted by Crippen LogP contribution is 2.42. The predicted molar refractivity (Wildman–Crippen MR) is 74.1 cm³/mol. The van der Waals surface area contributed by atoms with Crippen LogP contribution in [0, 0.1) is 11.8 Å². The Morgan fingerprint density at radius 3 is 2.37 bits per heavy atom. The lowest BCUT2D eigenvalue weighted by Crippen LogP contribution is -2.61. The lowest BCUT2D eigenvalue weighted by molar-refractivity contribution is -0.147. The summed E-state index contributed by atoms with van der Waals surface area (Å²) in [5.74, 6) is 0.543. The first-order valence-electron chi connectivity index (χ1n) is 7.87. The van der Waals surface area contributed by atoms with Crippen LogP contribution in [0.1, 0.15) is 45.4 Å². The number of rotatable bonds is 9. The summed E-state index contributed by atoms with van der Waals surface area (Å²) in [7, 11) is 0. The van der Waals surface area contributed by atoms with Gasteiger partial charge in [-0.25, -0.2) is 0 Å². The SMILES string of the molecule is CCN(CC1CC1)CC(NC1CC1)(C(=O)O)C1CC1. The third kappa shape index (κ3) is 3.11. The van der Waals surface area contributed by atoms with Gasteiger partial charge in [-0.15, -0.1) is 0 Å². The van der Waals surface area contributed by atoms with E-state index in [4.69, 9.17) is 0 Å². The van der Waals surface area contributed by atoms with Crippen molar-refractivity contribution < 1.29 is 9.90 Å². The van der Waals surface area contributed by atoms with Crippen molar-refractivity contribution in [3.05, 3.63) is 0 Å². The maximum absolute atomic E-state index is 11.9. The molecule has 108 valence electrons. The number of nitrogens with zero attached hydrogens (tertiary/aromatic N) is 1. The zero-order chi connectivity index (χ0) is 13.5. The minimum Gasteiger partial charge on any atom is -0.480 e. The minimum absolute atomic E-state index is 0.346. The van der Waals surface area contributed by atoms with Gasteiger partial charge in [-0.3, -0.25) is 10.1 Å². The molecule has 0 aromatic heterocycles. The van der Waals surface area contributed by atoms with Gasteiger partial charge in [-0.2, -0.15) is 0 Å². The van der Waals surface area contributed by atoms with E-state index >= 15 is 0 Å². The van der Waals surface area contributed by atoms with Crippen molar-refractivity contribution in [2.75, 3.05) is 19.6 Å². The zero-order valence-electron chi connectivity index (χ0n) is 11.9. The van der Waals surface area contributed by atoms with E-state index in [2.05, 4.69) is 17.1 Å². The molecule has 19 heavy (non-hydrogen) atoms. The molecule has 3 rings (SSSR count). The van der Waals surface area contributed by atoms with Gasteiger partial charge in [0.15, 0.2) is 0 Å². The monoisotopic (exact) mass is 266 g/mol. The average molecular weight is 266 g/mol. The first-order valence-corrected chi connectivity index (χ1v) is 7.87. The maximum atomic E-state index is 11.9. The molecule has 3 aliphatic carbocycles. The topological polar surface area (TPSA) is 52.6 Å². The molecule has 3 saturated carbocycles. The Morgan fingerprint density at radius 1 is 1.26 bits per heavy atom. The molecule has 3 fully saturated rings. The van der Waals surface area contributed by atoms with E-state index in [1.807, 2.05) is 0 Å². The van der Waals surface area contributed by atoms with E-state index in [0.717, 1.165) is 44.7 Å². The fraction of sp³-hybridized carbons (Fsp3) is 0.933. The molecule has 2 N–H and O–H groups in total. The van der Waals surface area contributed by atoms with Gasteiger partial charge in [-0.1, -0.05) is 6.92 Å². The third-order valence-electron chi connectivity index (χ3n) is 4.83. The van der Waals surface area contributed by atoms with E-state index in [1.54, 1.807) is 0 Å². The fourth-order valence-corrected chi connectivity index (χ4v) is 3.09. The molecule has 1 atom stereocenters. The van der Waals surface area contributed by atoms with Gasteiger partial charge < -0.3 is 10.0 Å². The van der Waals surface area contributed by atoms with Crippen LogP contribution in [-0.4, -0.2) is 47.2 Å². The van der Waals surface area contributed by atoms with E-state index in [-0.39, 0.29) is 0 Å². The Bertz CT molecular complexity index is 348. The Hall–Kier alpha value is -0.610. The standard InChI is InChI=1S/C15H26N2O2/c1-2-17(9-11-3-4-11)10-15(14(18)19,12-5-6-12)16-13-7-8-13/h11-13,16H,2-10H2,1H3,(H,18,19). The number of nitrogens with one attached hydrogen (secondary N) is 1. The van der Waals surface area contributed by atoms with Gasteiger partial charge in [0.25, 0.3) is 0 Å². The summed E-state index contributed by atoms with van der Waals surface area (Å²) >= 11 is 0. The molecule has 0 amide bonds. The van der Waals surface area contributed by atoms with E-state index in [0.29, 0.717) is 18.5 Å².